The number of amides is 2. The van der Waals surface area contributed by atoms with Gasteiger partial charge in [0.15, 0.2) is 6.61 Å². The summed E-state index contributed by atoms with van der Waals surface area (Å²) in [6.07, 6.45) is 0. The lowest BCUT2D eigenvalue weighted by Crippen LogP contribution is -2.51. The van der Waals surface area contributed by atoms with Crippen LogP contribution in [0.4, 0.5) is 5.69 Å². The van der Waals surface area contributed by atoms with E-state index in [2.05, 4.69) is 16.8 Å². The summed E-state index contributed by atoms with van der Waals surface area (Å²) in [6, 6.07) is 19.2. The lowest BCUT2D eigenvalue weighted by molar-refractivity contribution is -0.135. The van der Waals surface area contributed by atoms with Crippen LogP contribution in [0.3, 0.4) is 0 Å². The van der Waals surface area contributed by atoms with Gasteiger partial charge in [0.2, 0.25) is 5.91 Å². The molecular weight excluding hydrogens is 620 g/mol. The minimum Gasteiger partial charge on any atom is -0.492 e. The zero-order chi connectivity index (χ0) is 34.1. The van der Waals surface area contributed by atoms with Crippen molar-refractivity contribution in [3.63, 3.8) is 0 Å². The van der Waals surface area contributed by atoms with E-state index in [4.69, 9.17) is 31.8 Å². The molecule has 0 saturated carbocycles. The van der Waals surface area contributed by atoms with Gasteiger partial charge in [-0.2, -0.15) is 0 Å². The van der Waals surface area contributed by atoms with Crippen molar-refractivity contribution >= 4 is 40.0 Å². The lowest BCUT2D eigenvalue weighted by atomic mass is 10.1. The minimum absolute atomic E-state index is 0.0579. The number of nitrogens with zero attached hydrogens (tertiary/aromatic N) is 4. The van der Waals surface area contributed by atoms with Gasteiger partial charge in [-0.15, -0.1) is 0 Å². The van der Waals surface area contributed by atoms with Crippen LogP contribution in [-0.2, 0) is 9.59 Å². The van der Waals surface area contributed by atoms with Crippen molar-refractivity contribution in [1.29, 1.82) is 0 Å². The van der Waals surface area contributed by atoms with Gasteiger partial charge in [-0.1, -0.05) is 30.3 Å². The summed E-state index contributed by atoms with van der Waals surface area (Å²) >= 11 is 5.93. The van der Waals surface area contributed by atoms with Crippen LogP contribution < -0.4 is 26.1 Å². The Balaban J connectivity index is 0.00000118. The maximum absolute atomic E-state index is 14.1. The molecular formula is C35H41ClN6O5. The monoisotopic (exact) mass is 660 g/mol. The fourth-order valence-electron chi connectivity index (χ4n) is 5.21. The molecule has 0 radical (unpaired) electrons. The van der Waals surface area contributed by atoms with Gasteiger partial charge in [0.1, 0.15) is 17.3 Å². The number of hydrogen-bond donors (Lipinski definition) is 2. The highest BCUT2D eigenvalue weighted by Gasteiger charge is 2.29. The average molecular weight is 661 g/mol. The number of para-hydroxylation sites is 2. The molecule has 3 N–H and O–H groups in total. The van der Waals surface area contributed by atoms with Gasteiger partial charge in [-0.3, -0.25) is 23.9 Å². The van der Waals surface area contributed by atoms with Crippen LogP contribution in [0.5, 0.6) is 11.5 Å². The summed E-state index contributed by atoms with van der Waals surface area (Å²) < 4.78 is 13.2. The van der Waals surface area contributed by atoms with Crippen molar-refractivity contribution in [2.24, 2.45) is 5.73 Å². The third-order valence-corrected chi connectivity index (χ3v) is 7.64. The molecule has 1 atom stereocenters. The number of hydrogen-bond acceptors (Lipinski definition) is 8. The topological polar surface area (TPSA) is 132 Å². The van der Waals surface area contributed by atoms with E-state index < -0.39 is 0 Å². The number of carbonyl (C=O) groups is 2. The third-order valence-electron chi connectivity index (χ3n) is 7.38. The van der Waals surface area contributed by atoms with Crippen LogP contribution in [0.1, 0.15) is 39.6 Å². The summed E-state index contributed by atoms with van der Waals surface area (Å²) in [6.45, 7) is 13.0. The molecule has 0 bridgehead atoms. The Kier molecular flexibility index (Phi) is 12.0. The van der Waals surface area contributed by atoms with Gasteiger partial charge < -0.3 is 25.4 Å². The van der Waals surface area contributed by atoms with E-state index in [9.17, 15) is 14.4 Å². The molecule has 4 aromatic rings. The van der Waals surface area contributed by atoms with Crippen molar-refractivity contribution in [3.8, 4) is 17.2 Å². The van der Waals surface area contributed by atoms with Gasteiger partial charge in [0.25, 0.3) is 11.5 Å². The second-order valence-electron chi connectivity index (χ2n) is 11.1. The van der Waals surface area contributed by atoms with E-state index in [1.165, 1.54) is 6.92 Å². The maximum Gasteiger partial charge on any atom is 0.266 e. The molecule has 3 aromatic carbocycles. The normalized spacial score (nSPS) is 13.7. The number of nitrogens with one attached hydrogen (secondary N) is 1. The average Bonchev–Trinajstić information content (AvgIpc) is 3.04. The van der Waals surface area contributed by atoms with Gasteiger partial charge in [0.05, 0.1) is 29.2 Å². The molecule has 12 heteroatoms. The zero-order valence-corrected chi connectivity index (χ0v) is 27.9. The number of piperazine rings is 1. The molecule has 0 spiro atoms. The Bertz CT molecular complexity index is 1780. The van der Waals surface area contributed by atoms with E-state index in [0.29, 0.717) is 83.1 Å². The third kappa shape index (κ3) is 9.11. The second kappa shape index (κ2) is 16.1. The molecule has 1 fully saturated rings. The summed E-state index contributed by atoms with van der Waals surface area (Å²) in [5, 5.41) is 3.73. The molecule has 47 heavy (non-hydrogen) atoms. The van der Waals surface area contributed by atoms with Gasteiger partial charge in [-0.05, 0) is 81.1 Å². The number of ether oxygens (including phenoxy) is 2. The van der Waals surface area contributed by atoms with Gasteiger partial charge >= 0.3 is 0 Å². The van der Waals surface area contributed by atoms with Crippen LogP contribution in [-0.4, -0.2) is 70.6 Å². The number of aromatic nitrogens is 2. The van der Waals surface area contributed by atoms with Crippen molar-refractivity contribution in [3.05, 3.63) is 100 Å². The first-order valence-electron chi connectivity index (χ1n) is 15.4. The Morgan fingerprint density at radius 3 is 2.32 bits per heavy atom. The largest absolute Gasteiger partial charge is 0.492 e. The van der Waals surface area contributed by atoms with E-state index in [1.54, 1.807) is 58.9 Å². The fourth-order valence-corrected chi connectivity index (χ4v) is 5.33. The highest BCUT2D eigenvalue weighted by Crippen LogP contribution is 2.29. The lowest BCUT2D eigenvalue weighted by Gasteiger charge is -2.38. The number of nitrogens with two attached hydrogens (primary N) is 1. The highest BCUT2D eigenvalue weighted by molar-refractivity contribution is 6.30. The molecule has 248 valence electrons. The summed E-state index contributed by atoms with van der Waals surface area (Å²) in [5.74, 6) is 1.39. The quantitative estimate of drug-likeness (QED) is 0.252. The molecule has 11 nitrogen and oxygen atoms in total. The SMILES string of the molecule is C=C(C)N.CCOc1ccccc1-n1c(C(C)N2CCN(C(=O)COc3ccc(Cl)cc3)CC2)nc2ccc(NC(C)=O)cc2c1=O. The van der Waals surface area contributed by atoms with E-state index in [-0.39, 0.29) is 30.0 Å². The van der Waals surface area contributed by atoms with Crippen LogP contribution in [0.2, 0.25) is 5.02 Å². The van der Waals surface area contributed by atoms with Crippen LogP contribution in [0.25, 0.3) is 16.6 Å². The maximum atomic E-state index is 14.1. The number of anilines is 1. The van der Waals surface area contributed by atoms with Crippen molar-refractivity contribution in [2.75, 3.05) is 44.7 Å². The number of halogens is 1. The number of rotatable bonds is 9. The van der Waals surface area contributed by atoms with Crippen LogP contribution in [0.15, 0.2) is 83.8 Å². The number of fused-ring (bicyclic) bond motifs is 1. The highest BCUT2D eigenvalue weighted by atomic mass is 35.5. The fraction of sp³-hybridized carbons (Fsp3) is 0.314. The van der Waals surface area contributed by atoms with Crippen molar-refractivity contribution in [2.45, 2.75) is 33.7 Å². The van der Waals surface area contributed by atoms with Gasteiger partial charge in [0, 0.05) is 43.8 Å². The minimum atomic E-state index is -0.264. The van der Waals surface area contributed by atoms with E-state index in [1.807, 2.05) is 38.1 Å². The number of carbonyl (C=O) groups excluding carboxylic acids is 2. The summed E-state index contributed by atoms with van der Waals surface area (Å²) in [7, 11) is 0. The first kappa shape index (κ1) is 35.0. The van der Waals surface area contributed by atoms with E-state index in [0.717, 1.165) is 0 Å². The Labute approximate surface area is 279 Å². The first-order chi connectivity index (χ1) is 22.5. The molecule has 1 unspecified atom stereocenters. The van der Waals surface area contributed by atoms with Crippen molar-refractivity contribution < 1.29 is 19.1 Å². The summed E-state index contributed by atoms with van der Waals surface area (Å²) in [5.41, 5.74) is 6.95. The molecule has 1 saturated heterocycles. The van der Waals surface area contributed by atoms with E-state index >= 15 is 0 Å². The zero-order valence-electron chi connectivity index (χ0n) is 27.2. The van der Waals surface area contributed by atoms with Gasteiger partial charge in [-0.25, -0.2) is 4.98 Å². The molecule has 2 heterocycles. The Morgan fingerprint density at radius 2 is 1.68 bits per heavy atom. The predicted octanol–water partition coefficient (Wildman–Crippen LogP) is 5.16. The molecule has 5 rings (SSSR count). The smallest absolute Gasteiger partial charge is 0.266 e. The second-order valence-corrected chi connectivity index (χ2v) is 11.5. The Hall–Kier alpha value is -4.87. The van der Waals surface area contributed by atoms with Crippen LogP contribution in [0, 0.1) is 0 Å². The first-order valence-corrected chi connectivity index (χ1v) is 15.7. The molecule has 0 aliphatic carbocycles. The Morgan fingerprint density at radius 1 is 1.02 bits per heavy atom. The summed E-state index contributed by atoms with van der Waals surface area (Å²) in [4.78, 5) is 47.6. The predicted molar refractivity (Wildman–Crippen MR) is 185 cm³/mol. The number of allylic oxidation sites excluding steroid dienone is 1. The molecule has 2 amide bonds. The standard InChI is InChI=1S/C32H34ClN5O5.C3H7N/c1-4-42-29-8-6-5-7-28(29)38-31(35-27-14-11-24(34-22(3)39)19-26(27)32(38)41)21(2)36-15-17-37(18-16-36)30(40)20-43-25-12-9-23(33)10-13-25;1-3(2)4/h5-14,19,21H,4,15-18,20H2,1-3H3,(H,34,39);1,4H2,2H3. The van der Waals surface area contributed by atoms with Crippen molar-refractivity contribution in [1.82, 2.24) is 19.4 Å². The number of benzene rings is 3. The van der Waals surface area contributed by atoms with Crippen LogP contribution >= 0.6 is 11.6 Å². The molecule has 1 aliphatic rings. The molecule has 1 aromatic heterocycles. The molecule has 1 aliphatic heterocycles.